The second-order valence-electron chi connectivity index (χ2n) is 6.86. The normalized spacial score (nSPS) is 12.5. The van der Waals surface area contributed by atoms with E-state index in [1.54, 1.807) is 30.3 Å². The Balaban J connectivity index is 1.90. The van der Waals surface area contributed by atoms with Gasteiger partial charge in [0.15, 0.2) is 0 Å². The maximum Gasteiger partial charge on any atom is 0.252 e. The van der Waals surface area contributed by atoms with Crippen LogP contribution in [0.5, 0.6) is 5.75 Å². The SMILES string of the molecule is COc1cc(Cl)cc(C(=O)NC(C(=O)NC(N)c2ccccc2)c2ccc(Cl)c(Cl)c2)c1. The van der Waals surface area contributed by atoms with E-state index in [1.165, 1.54) is 25.3 Å². The summed E-state index contributed by atoms with van der Waals surface area (Å²) in [5, 5.41) is 6.31. The van der Waals surface area contributed by atoms with Crippen LogP contribution in [0.2, 0.25) is 15.1 Å². The van der Waals surface area contributed by atoms with Gasteiger partial charge in [-0.3, -0.25) is 9.59 Å². The zero-order chi connectivity index (χ0) is 23.3. The summed E-state index contributed by atoms with van der Waals surface area (Å²) in [6, 6.07) is 17.2. The van der Waals surface area contributed by atoms with Gasteiger partial charge in [-0.2, -0.15) is 0 Å². The molecule has 0 radical (unpaired) electrons. The minimum Gasteiger partial charge on any atom is -0.497 e. The van der Waals surface area contributed by atoms with Gasteiger partial charge in [-0.25, -0.2) is 0 Å². The van der Waals surface area contributed by atoms with E-state index in [9.17, 15) is 9.59 Å². The summed E-state index contributed by atoms with van der Waals surface area (Å²) in [4.78, 5) is 26.1. The number of ether oxygens (including phenoxy) is 1. The Morgan fingerprint density at radius 1 is 0.875 bits per heavy atom. The minimum absolute atomic E-state index is 0.222. The predicted octanol–water partition coefficient (Wildman–Crippen LogP) is 4.90. The topological polar surface area (TPSA) is 93.4 Å². The van der Waals surface area contributed by atoms with Crippen molar-refractivity contribution in [1.29, 1.82) is 0 Å². The van der Waals surface area contributed by atoms with Crippen LogP contribution in [0.15, 0.2) is 66.7 Å². The molecule has 0 bridgehead atoms. The van der Waals surface area contributed by atoms with Gasteiger partial charge >= 0.3 is 0 Å². The molecular weight excluding hydrogens is 473 g/mol. The van der Waals surface area contributed by atoms with Gasteiger partial charge in [0.1, 0.15) is 18.0 Å². The summed E-state index contributed by atoms with van der Waals surface area (Å²) >= 11 is 18.2. The molecule has 2 atom stereocenters. The number of nitrogens with two attached hydrogens (primary N) is 1. The van der Waals surface area contributed by atoms with Crippen molar-refractivity contribution in [3.05, 3.63) is 98.5 Å². The first kappa shape index (κ1) is 23.9. The molecule has 2 unspecified atom stereocenters. The summed E-state index contributed by atoms with van der Waals surface area (Å²) in [6.07, 6.45) is -0.780. The molecule has 0 saturated carbocycles. The summed E-state index contributed by atoms with van der Waals surface area (Å²) in [5.41, 5.74) is 7.50. The molecule has 166 valence electrons. The summed E-state index contributed by atoms with van der Waals surface area (Å²) in [6.45, 7) is 0. The molecule has 3 aromatic rings. The van der Waals surface area contributed by atoms with Crippen LogP contribution in [0.4, 0.5) is 0 Å². The van der Waals surface area contributed by atoms with Gasteiger partial charge in [0.25, 0.3) is 5.91 Å². The molecule has 2 amide bonds. The average molecular weight is 493 g/mol. The number of halogens is 3. The number of carbonyl (C=O) groups excluding carboxylic acids is 2. The highest BCUT2D eigenvalue weighted by molar-refractivity contribution is 6.42. The van der Waals surface area contributed by atoms with Crippen molar-refractivity contribution in [2.75, 3.05) is 7.11 Å². The Kier molecular flexibility index (Phi) is 7.99. The van der Waals surface area contributed by atoms with Gasteiger partial charge in [-0.05, 0) is 41.5 Å². The molecule has 0 aliphatic heterocycles. The highest BCUT2D eigenvalue weighted by Crippen LogP contribution is 2.27. The second kappa shape index (κ2) is 10.7. The van der Waals surface area contributed by atoms with E-state index in [1.807, 2.05) is 18.2 Å². The minimum atomic E-state index is -1.10. The molecule has 0 heterocycles. The third-order valence-electron chi connectivity index (χ3n) is 4.64. The monoisotopic (exact) mass is 491 g/mol. The van der Waals surface area contributed by atoms with Gasteiger partial charge in [0.2, 0.25) is 5.91 Å². The van der Waals surface area contributed by atoms with E-state index in [0.29, 0.717) is 26.9 Å². The van der Waals surface area contributed by atoms with Gasteiger partial charge in [-0.15, -0.1) is 0 Å². The maximum atomic E-state index is 13.1. The van der Waals surface area contributed by atoms with Crippen LogP contribution in [-0.4, -0.2) is 18.9 Å². The van der Waals surface area contributed by atoms with Crippen LogP contribution in [0.25, 0.3) is 0 Å². The maximum absolute atomic E-state index is 13.1. The number of nitrogens with one attached hydrogen (secondary N) is 2. The van der Waals surface area contributed by atoms with Crippen LogP contribution in [0.1, 0.15) is 33.7 Å². The summed E-state index contributed by atoms with van der Waals surface area (Å²) < 4.78 is 5.16. The highest BCUT2D eigenvalue weighted by atomic mass is 35.5. The molecule has 0 spiro atoms. The van der Waals surface area contributed by atoms with Crippen LogP contribution in [0.3, 0.4) is 0 Å². The summed E-state index contributed by atoms with van der Waals surface area (Å²) in [5.74, 6) is -0.656. The van der Waals surface area contributed by atoms with E-state index in [4.69, 9.17) is 45.3 Å². The molecule has 3 aromatic carbocycles. The Hall–Kier alpha value is -2.77. The standard InChI is InChI=1S/C23H20Cl3N3O3/c1-32-17-10-15(9-16(24)12-17)22(30)28-20(14-7-8-18(25)19(26)11-14)23(31)29-21(27)13-5-3-2-4-6-13/h2-12,20-21H,27H2,1H3,(H,28,30)(H,29,31). The van der Waals surface area contributed by atoms with Crippen LogP contribution < -0.4 is 21.1 Å². The van der Waals surface area contributed by atoms with Crippen molar-refractivity contribution in [3.63, 3.8) is 0 Å². The lowest BCUT2D eigenvalue weighted by Crippen LogP contribution is -2.43. The molecule has 0 aromatic heterocycles. The molecule has 6 nitrogen and oxygen atoms in total. The van der Waals surface area contributed by atoms with Crippen molar-refractivity contribution in [2.45, 2.75) is 12.2 Å². The quantitative estimate of drug-likeness (QED) is 0.409. The third-order valence-corrected chi connectivity index (χ3v) is 5.60. The second-order valence-corrected chi connectivity index (χ2v) is 8.11. The first-order valence-corrected chi connectivity index (χ1v) is 10.6. The van der Waals surface area contributed by atoms with E-state index in [-0.39, 0.29) is 10.6 Å². The molecule has 0 aliphatic carbocycles. The van der Waals surface area contributed by atoms with Crippen molar-refractivity contribution in [1.82, 2.24) is 10.6 Å². The van der Waals surface area contributed by atoms with E-state index < -0.39 is 24.0 Å². The zero-order valence-corrected chi connectivity index (χ0v) is 19.2. The molecule has 0 fully saturated rings. The van der Waals surface area contributed by atoms with Crippen molar-refractivity contribution in [3.8, 4) is 5.75 Å². The first-order valence-electron chi connectivity index (χ1n) is 9.50. The summed E-state index contributed by atoms with van der Waals surface area (Å²) in [7, 11) is 1.46. The molecule has 0 saturated heterocycles. The van der Waals surface area contributed by atoms with Crippen molar-refractivity contribution < 1.29 is 14.3 Å². The molecular formula is C23H20Cl3N3O3. The number of carbonyl (C=O) groups is 2. The van der Waals surface area contributed by atoms with Crippen LogP contribution >= 0.6 is 34.8 Å². The molecule has 0 aliphatic rings. The van der Waals surface area contributed by atoms with E-state index >= 15 is 0 Å². The number of benzene rings is 3. The lowest BCUT2D eigenvalue weighted by molar-refractivity contribution is -0.123. The number of methoxy groups -OCH3 is 1. The zero-order valence-electron chi connectivity index (χ0n) is 16.9. The Morgan fingerprint density at radius 2 is 1.59 bits per heavy atom. The van der Waals surface area contributed by atoms with E-state index in [2.05, 4.69) is 10.6 Å². The fourth-order valence-corrected chi connectivity index (χ4v) is 3.53. The molecule has 32 heavy (non-hydrogen) atoms. The lowest BCUT2D eigenvalue weighted by atomic mass is 10.0. The highest BCUT2D eigenvalue weighted by Gasteiger charge is 2.26. The smallest absolute Gasteiger partial charge is 0.252 e. The Morgan fingerprint density at radius 3 is 2.25 bits per heavy atom. The van der Waals surface area contributed by atoms with Crippen LogP contribution in [-0.2, 0) is 4.79 Å². The van der Waals surface area contributed by atoms with Crippen molar-refractivity contribution in [2.24, 2.45) is 5.73 Å². The molecule has 9 heteroatoms. The first-order chi connectivity index (χ1) is 15.3. The lowest BCUT2D eigenvalue weighted by Gasteiger charge is -2.22. The van der Waals surface area contributed by atoms with Gasteiger partial charge in [-0.1, -0.05) is 71.2 Å². The number of amides is 2. The Labute approximate surface area is 200 Å². The number of rotatable bonds is 7. The fourth-order valence-electron chi connectivity index (χ4n) is 3.00. The molecule has 3 rings (SSSR count). The van der Waals surface area contributed by atoms with Crippen LogP contribution in [0, 0.1) is 0 Å². The number of hydrogen-bond acceptors (Lipinski definition) is 4. The predicted molar refractivity (Wildman–Crippen MR) is 126 cm³/mol. The third kappa shape index (κ3) is 5.93. The Bertz CT molecular complexity index is 1130. The molecule has 4 N–H and O–H groups in total. The van der Waals surface area contributed by atoms with Gasteiger partial charge < -0.3 is 21.1 Å². The van der Waals surface area contributed by atoms with Gasteiger partial charge in [0, 0.05) is 10.6 Å². The van der Waals surface area contributed by atoms with Gasteiger partial charge in [0.05, 0.1) is 17.2 Å². The fraction of sp³-hybridized carbons (Fsp3) is 0.130. The van der Waals surface area contributed by atoms with E-state index in [0.717, 1.165) is 0 Å². The number of hydrogen-bond donors (Lipinski definition) is 3. The average Bonchev–Trinajstić information content (AvgIpc) is 2.79. The largest absolute Gasteiger partial charge is 0.497 e. The van der Waals surface area contributed by atoms with Crippen molar-refractivity contribution >= 4 is 46.6 Å².